The van der Waals surface area contributed by atoms with E-state index in [-0.39, 0.29) is 5.91 Å². The summed E-state index contributed by atoms with van der Waals surface area (Å²) in [7, 11) is 0. The van der Waals surface area contributed by atoms with Gasteiger partial charge < -0.3 is 4.52 Å². The Labute approximate surface area is 166 Å². The third-order valence-corrected chi connectivity index (χ3v) is 5.26. The maximum Gasteiger partial charge on any atom is 0.272 e. The Morgan fingerprint density at radius 1 is 1.00 bits per heavy atom. The maximum atomic E-state index is 12.6. The van der Waals surface area contributed by atoms with E-state index >= 15 is 0 Å². The third kappa shape index (κ3) is 4.40. The quantitative estimate of drug-likeness (QED) is 0.507. The van der Waals surface area contributed by atoms with E-state index in [9.17, 15) is 9.59 Å². The minimum atomic E-state index is -0.434. The predicted octanol–water partition coefficient (Wildman–Crippen LogP) is 3.36. The number of pyridine rings is 1. The first-order valence-corrected chi connectivity index (χ1v) is 9.62. The van der Waals surface area contributed by atoms with Gasteiger partial charge in [0.05, 0.1) is 11.3 Å². The van der Waals surface area contributed by atoms with Crippen LogP contribution in [0.4, 0.5) is 0 Å². The number of amides is 2. The van der Waals surface area contributed by atoms with E-state index in [0.717, 1.165) is 22.6 Å². The Bertz CT molecular complexity index is 997. The molecule has 0 aliphatic heterocycles. The van der Waals surface area contributed by atoms with Gasteiger partial charge in [0.2, 0.25) is 0 Å². The van der Waals surface area contributed by atoms with Crippen molar-refractivity contribution in [3.8, 4) is 0 Å². The van der Waals surface area contributed by atoms with Gasteiger partial charge in [-0.15, -0.1) is 11.8 Å². The average molecular weight is 396 g/mol. The van der Waals surface area contributed by atoms with E-state index in [2.05, 4.69) is 21.0 Å². The third-order valence-electron chi connectivity index (χ3n) is 4.23. The molecule has 2 N–H and O–H groups in total. The van der Waals surface area contributed by atoms with Gasteiger partial charge in [-0.1, -0.05) is 23.4 Å². The number of rotatable bonds is 5. The summed E-state index contributed by atoms with van der Waals surface area (Å²) in [5.41, 5.74) is 8.42. The van der Waals surface area contributed by atoms with Crippen LogP contribution < -0.4 is 10.9 Å². The fraction of sp³-hybridized carbons (Fsp3) is 0.200. The van der Waals surface area contributed by atoms with Gasteiger partial charge in [0, 0.05) is 23.1 Å². The van der Waals surface area contributed by atoms with Gasteiger partial charge >= 0.3 is 0 Å². The number of nitrogens with zero attached hydrogens (tertiary/aromatic N) is 2. The molecule has 0 aliphatic carbocycles. The van der Waals surface area contributed by atoms with Crippen molar-refractivity contribution in [3.63, 3.8) is 0 Å². The minimum absolute atomic E-state index is 0.375. The highest BCUT2D eigenvalue weighted by Gasteiger charge is 2.16. The Morgan fingerprint density at radius 3 is 2.36 bits per heavy atom. The predicted molar refractivity (Wildman–Crippen MR) is 106 cm³/mol. The van der Waals surface area contributed by atoms with Crippen LogP contribution in [0.5, 0.6) is 0 Å². The second-order valence-electron chi connectivity index (χ2n) is 6.17. The van der Waals surface area contributed by atoms with Crippen LogP contribution in [0.15, 0.2) is 52.1 Å². The first-order chi connectivity index (χ1) is 13.5. The van der Waals surface area contributed by atoms with Gasteiger partial charge in [0.25, 0.3) is 11.8 Å². The Balaban J connectivity index is 1.67. The van der Waals surface area contributed by atoms with E-state index in [1.807, 2.05) is 32.9 Å². The highest BCUT2D eigenvalue weighted by atomic mass is 32.2. The molecule has 1 aromatic carbocycles. The largest absolute Gasteiger partial charge is 0.361 e. The molecular weight excluding hydrogens is 376 g/mol. The van der Waals surface area contributed by atoms with Gasteiger partial charge in [0.1, 0.15) is 10.8 Å². The van der Waals surface area contributed by atoms with Crippen molar-refractivity contribution in [1.82, 2.24) is 21.0 Å². The topological polar surface area (TPSA) is 97.1 Å². The normalized spacial score (nSPS) is 10.5. The molecule has 0 bridgehead atoms. The van der Waals surface area contributed by atoms with Crippen LogP contribution in [0.1, 0.15) is 43.3 Å². The number of hydrazine groups is 1. The summed E-state index contributed by atoms with van der Waals surface area (Å²) in [4.78, 5) is 29.1. The van der Waals surface area contributed by atoms with E-state index < -0.39 is 5.91 Å². The molecule has 0 fully saturated rings. The lowest BCUT2D eigenvalue weighted by Crippen LogP contribution is -2.42. The molecule has 144 valence electrons. The lowest BCUT2D eigenvalue weighted by molar-refractivity contribution is 0.0844. The van der Waals surface area contributed by atoms with Crippen LogP contribution in [0.3, 0.4) is 0 Å². The molecular formula is C20H20N4O3S. The van der Waals surface area contributed by atoms with E-state index in [1.165, 1.54) is 11.8 Å². The number of carbonyl (C=O) groups excluding carboxylic acids is 2. The summed E-state index contributed by atoms with van der Waals surface area (Å²) in [6.07, 6.45) is 1.62. The first-order valence-electron chi connectivity index (χ1n) is 8.63. The van der Waals surface area contributed by atoms with Crippen molar-refractivity contribution in [2.75, 3.05) is 0 Å². The SMILES string of the molecule is Cc1ccccc1C(=O)NNC(=O)c1cccnc1SCc1c(C)noc1C. The standard InChI is InChI=1S/C20H20N4O3S/c1-12-7-4-5-8-15(12)18(25)22-23-19(26)16-9-6-10-21-20(16)28-11-17-13(2)24-27-14(17)3/h4-10H,11H2,1-3H3,(H,22,25)(H,23,26). The first kappa shape index (κ1) is 19.6. The number of aromatic nitrogens is 2. The second-order valence-corrected chi connectivity index (χ2v) is 7.13. The number of benzene rings is 1. The summed E-state index contributed by atoms with van der Waals surface area (Å²) < 4.78 is 5.17. The summed E-state index contributed by atoms with van der Waals surface area (Å²) in [5, 5.41) is 4.50. The lowest BCUT2D eigenvalue weighted by Gasteiger charge is -2.11. The van der Waals surface area contributed by atoms with Gasteiger partial charge in [-0.05, 0) is 44.5 Å². The fourth-order valence-electron chi connectivity index (χ4n) is 2.60. The summed E-state index contributed by atoms with van der Waals surface area (Å²) in [6, 6.07) is 10.5. The Kier molecular flexibility index (Phi) is 6.10. The maximum absolute atomic E-state index is 12.6. The van der Waals surface area contributed by atoms with Crippen LogP contribution in [0.25, 0.3) is 0 Å². The van der Waals surface area contributed by atoms with E-state index in [0.29, 0.717) is 21.9 Å². The zero-order valence-electron chi connectivity index (χ0n) is 15.8. The van der Waals surface area contributed by atoms with Gasteiger partial charge in [0.15, 0.2) is 0 Å². The molecule has 28 heavy (non-hydrogen) atoms. The highest BCUT2D eigenvalue weighted by molar-refractivity contribution is 7.98. The van der Waals surface area contributed by atoms with Gasteiger partial charge in [-0.2, -0.15) is 0 Å². The van der Waals surface area contributed by atoms with Crippen LogP contribution in [-0.2, 0) is 5.75 Å². The molecule has 0 spiro atoms. The zero-order chi connectivity index (χ0) is 20.1. The van der Waals surface area contributed by atoms with E-state index in [1.54, 1.807) is 30.5 Å². The molecule has 3 rings (SSSR count). The molecule has 0 aliphatic rings. The number of aryl methyl sites for hydroxylation is 3. The van der Waals surface area contributed by atoms with Crippen molar-refractivity contribution in [2.45, 2.75) is 31.6 Å². The van der Waals surface area contributed by atoms with Crippen molar-refractivity contribution in [1.29, 1.82) is 0 Å². The van der Waals surface area contributed by atoms with Gasteiger partial charge in [-0.3, -0.25) is 20.4 Å². The zero-order valence-corrected chi connectivity index (χ0v) is 16.6. The molecule has 7 nitrogen and oxygen atoms in total. The van der Waals surface area contributed by atoms with Crippen molar-refractivity contribution >= 4 is 23.6 Å². The van der Waals surface area contributed by atoms with Crippen LogP contribution in [0.2, 0.25) is 0 Å². The molecule has 0 unspecified atom stereocenters. The number of carbonyl (C=O) groups is 2. The Morgan fingerprint density at radius 2 is 1.68 bits per heavy atom. The molecule has 8 heteroatoms. The Hall–Kier alpha value is -3.13. The molecule has 2 amide bonds. The summed E-state index contributed by atoms with van der Waals surface area (Å²) >= 11 is 1.41. The highest BCUT2D eigenvalue weighted by Crippen LogP contribution is 2.27. The summed E-state index contributed by atoms with van der Waals surface area (Å²) in [5.74, 6) is 0.516. The number of hydrogen-bond donors (Lipinski definition) is 2. The molecule has 0 saturated carbocycles. The molecule has 0 atom stereocenters. The molecule has 3 aromatic rings. The average Bonchev–Trinajstić information content (AvgIpc) is 3.02. The second kappa shape index (κ2) is 8.71. The van der Waals surface area contributed by atoms with Crippen LogP contribution in [-0.4, -0.2) is 22.0 Å². The monoisotopic (exact) mass is 396 g/mol. The number of hydrogen-bond acceptors (Lipinski definition) is 6. The number of thioether (sulfide) groups is 1. The van der Waals surface area contributed by atoms with E-state index in [4.69, 9.17) is 4.52 Å². The molecule has 2 heterocycles. The van der Waals surface area contributed by atoms with Gasteiger partial charge in [-0.25, -0.2) is 4.98 Å². The molecule has 0 radical (unpaired) electrons. The fourth-order valence-corrected chi connectivity index (χ4v) is 3.75. The molecule has 0 saturated heterocycles. The van der Waals surface area contributed by atoms with Crippen molar-refractivity contribution in [2.24, 2.45) is 0 Å². The lowest BCUT2D eigenvalue weighted by atomic mass is 10.1. The number of nitrogens with one attached hydrogen (secondary N) is 2. The van der Waals surface area contributed by atoms with Crippen molar-refractivity contribution < 1.29 is 14.1 Å². The van der Waals surface area contributed by atoms with Crippen LogP contribution >= 0.6 is 11.8 Å². The summed E-state index contributed by atoms with van der Waals surface area (Å²) in [6.45, 7) is 5.56. The smallest absolute Gasteiger partial charge is 0.272 e. The minimum Gasteiger partial charge on any atom is -0.361 e. The van der Waals surface area contributed by atoms with Crippen LogP contribution in [0, 0.1) is 20.8 Å². The van der Waals surface area contributed by atoms with Crippen molar-refractivity contribution in [3.05, 3.63) is 76.3 Å². The molecule has 2 aromatic heterocycles.